The van der Waals surface area contributed by atoms with Crippen LogP contribution in [0.2, 0.25) is 0 Å². The molecule has 0 aliphatic heterocycles. The largest absolute Gasteiger partial charge is 0.454 e. The number of non-ortho nitro benzene ring substituents is 1. The third kappa shape index (κ3) is 2.73. The molecular weight excluding hydrogens is 314 g/mol. The predicted molar refractivity (Wildman–Crippen MR) is 77.2 cm³/mol. The first-order valence-electron chi connectivity index (χ1n) is 6.13. The van der Waals surface area contributed by atoms with Gasteiger partial charge in [-0.05, 0) is 24.3 Å². The number of hydrogen-bond donors (Lipinski definition) is 0. The molecule has 0 unspecified atom stereocenters. The average molecular weight is 322 g/mol. The van der Waals surface area contributed by atoms with Gasteiger partial charge in [-0.15, -0.1) is 11.3 Å². The second-order valence-corrected chi connectivity index (χ2v) is 5.39. The number of ether oxygens (including phenoxy) is 1. The number of nitro groups is 1. The molecule has 0 N–H and O–H groups in total. The molecule has 3 rings (SSSR count). The van der Waals surface area contributed by atoms with E-state index in [9.17, 15) is 18.9 Å². The molecule has 0 amide bonds. The summed E-state index contributed by atoms with van der Waals surface area (Å²) in [6, 6.07) is 11.2. The maximum atomic E-state index is 14.1. The van der Waals surface area contributed by atoms with E-state index in [0.717, 1.165) is 35.6 Å². The Morgan fingerprint density at radius 2 is 1.82 bits per heavy atom. The number of fused-ring (bicyclic) bond motifs is 1. The molecule has 0 saturated heterocycles. The number of halogens is 2. The molecule has 0 radical (unpaired) electrons. The highest BCUT2D eigenvalue weighted by Gasteiger charge is 2.38. The van der Waals surface area contributed by atoms with Crippen molar-refractivity contribution in [2.75, 3.05) is 0 Å². The zero-order chi connectivity index (χ0) is 15.7. The van der Waals surface area contributed by atoms with Gasteiger partial charge in [0, 0.05) is 12.1 Å². The van der Waals surface area contributed by atoms with Crippen molar-refractivity contribution in [1.82, 2.24) is 4.98 Å². The van der Waals surface area contributed by atoms with E-state index in [0.29, 0.717) is 10.2 Å². The summed E-state index contributed by atoms with van der Waals surface area (Å²) in [6.45, 7) is 0. The Labute approximate surface area is 126 Å². The van der Waals surface area contributed by atoms with Crippen molar-refractivity contribution in [2.24, 2.45) is 0 Å². The van der Waals surface area contributed by atoms with E-state index in [2.05, 4.69) is 9.72 Å². The Morgan fingerprint density at radius 1 is 1.14 bits per heavy atom. The standard InChI is InChI=1S/C14H8F2N2O3S/c15-14(16,13-17-11-3-1-2-4-12(11)22-13)21-10-7-5-9(6-8-10)18(19)20/h1-8H. The lowest BCUT2D eigenvalue weighted by molar-refractivity contribution is -0.384. The van der Waals surface area contributed by atoms with Gasteiger partial charge in [0.05, 0.1) is 15.1 Å². The van der Waals surface area contributed by atoms with Gasteiger partial charge in [-0.2, -0.15) is 8.78 Å². The fraction of sp³-hybridized carbons (Fsp3) is 0.0714. The van der Waals surface area contributed by atoms with E-state index in [1.54, 1.807) is 24.3 Å². The summed E-state index contributed by atoms with van der Waals surface area (Å²) in [5, 5.41) is 10.1. The third-order valence-corrected chi connectivity index (χ3v) is 3.92. The number of nitro benzene ring substituents is 1. The number of alkyl halides is 2. The van der Waals surface area contributed by atoms with Crippen LogP contribution < -0.4 is 4.74 Å². The summed E-state index contributed by atoms with van der Waals surface area (Å²) in [5.74, 6) is -0.171. The molecule has 0 aliphatic rings. The second kappa shape index (κ2) is 5.30. The zero-order valence-electron chi connectivity index (χ0n) is 10.9. The van der Waals surface area contributed by atoms with Crippen LogP contribution in [-0.4, -0.2) is 9.91 Å². The Bertz CT molecular complexity index is 800. The summed E-state index contributed by atoms with van der Waals surface area (Å²) in [5.41, 5.74) is 0.269. The van der Waals surface area contributed by atoms with Crippen molar-refractivity contribution in [3.63, 3.8) is 0 Å². The van der Waals surface area contributed by atoms with Crippen molar-refractivity contribution >= 4 is 27.2 Å². The fourth-order valence-electron chi connectivity index (χ4n) is 1.82. The molecule has 3 aromatic rings. The van der Waals surface area contributed by atoms with E-state index in [1.807, 2.05) is 0 Å². The number of thiazole rings is 1. The van der Waals surface area contributed by atoms with Gasteiger partial charge in [0.2, 0.25) is 5.01 Å². The molecule has 22 heavy (non-hydrogen) atoms. The highest BCUT2D eigenvalue weighted by molar-refractivity contribution is 7.18. The smallest absolute Gasteiger partial charge is 0.427 e. The Hall–Kier alpha value is -2.61. The minimum Gasteiger partial charge on any atom is -0.427 e. The van der Waals surface area contributed by atoms with E-state index in [4.69, 9.17) is 0 Å². The minimum absolute atomic E-state index is 0.171. The van der Waals surface area contributed by atoms with Crippen molar-refractivity contribution < 1.29 is 18.4 Å². The van der Waals surface area contributed by atoms with Crippen LogP contribution in [0.25, 0.3) is 10.2 Å². The summed E-state index contributed by atoms with van der Waals surface area (Å²) in [7, 11) is 0. The Morgan fingerprint density at radius 3 is 2.45 bits per heavy atom. The molecule has 0 saturated carbocycles. The number of benzene rings is 2. The monoisotopic (exact) mass is 322 g/mol. The van der Waals surface area contributed by atoms with Gasteiger partial charge in [0.25, 0.3) is 5.69 Å². The predicted octanol–water partition coefficient (Wildman–Crippen LogP) is 4.33. The quantitative estimate of drug-likeness (QED) is 0.529. The molecule has 1 aromatic heterocycles. The van der Waals surface area contributed by atoms with Crippen molar-refractivity contribution in [3.05, 3.63) is 63.7 Å². The topological polar surface area (TPSA) is 65.3 Å². The van der Waals surface area contributed by atoms with Crippen LogP contribution in [0.5, 0.6) is 5.75 Å². The molecule has 112 valence electrons. The van der Waals surface area contributed by atoms with Crippen LogP contribution in [0, 0.1) is 10.1 Å². The molecular formula is C14H8F2N2O3S. The summed E-state index contributed by atoms with van der Waals surface area (Å²) < 4.78 is 33.5. The summed E-state index contributed by atoms with van der Waals surface area (Å²) in [4.78, 5) is 13.8. The van der Waals surface area contributed by atoms with Crippen molar-refractivity contribution in [2.45, 2.75) is 6.11 Å². The van der Waals surface area contributed by atoms with Gasteiger partial charge < -0.3 is 4.74 Å². The van der Waals surface area contributed by atoms with E-state index < -0.39 is 16.0 Å². The molecule has 1 heterocycles. The van der Waals surface area contributed by atoms with Crippen LogP contribution >= 0.6 is 11.3 Å². The van der Waals surface area contributed by atoms with Crippen LogP contribution in [-0.2, 0) is 6.11 Å². The Kier molecular flexibility index (Phi) is 3.45. The first-order valence-corrected chi connectivity index (χ1v) is 6.95. The Balaban J connectivity index is 1.87. The number of hydrogen-bond acceptors (Lipinski definition) is 5. The van der Waals surface area contributed by atoms with Crippen molar-refractivity contribution in [1.29, 1.82) is 0 Å². The number of nitrogens with zero attached hydrogens (tertiary/aromatic N) is 2. The SMILES string of the molecule is O=[N+]([O-])c1ccc(OC(F)(F)c2nc3ccccc3s2)cc1. The van der Waals surface area contributed by atoms with E-state index in [1.165, 1.54) is 0 Å². The fourth-order valence-corrected chi connectivity index (χ4v) is 2.70. The van der Waals surface area contributed by atoms with Crippen LogP contribution in [0.4, 0.5) is 14.5 Å². The van der Waals surface area contributed by atoms with E-state index in [-0.39, 0.29) is 11.4 Å². The molecule has 0 spiro atoms. The second-order valence-electron chi connectivity index (χ2n) is 4.36. The van der Waals surface area contributed by atoms with Gasteiger partial charge >= 0.3 is 6.11 Å². The van der Waals surface area contributed by atoms with Gasteiger partial charge in [-0.25, -0.2) is 4.98 Å². The highest BCUT2D eigenvalue weighted by atomic mass is 32.1. The molecule has 0 bridgehead atoms. The third-order valence-electron chi connectivity index (χ3n) is 2.84. The maximum absolute atomic E-state index is 14.1. The number of para-hydroxylation sites is 1. The molecule has 0 aliphatic carbocycles. The van der Waals surface area contributed by atoms with Gasteiger partial charge in [-0.1, -0.05) is 12.1 Å². The van der Waals surface area contributed by atoms with Gasteiger partial charge in [0.15, 0.2) is 0 Å². The lowest BCUT2D eigenvalue weighted by Crippen LogP contribution is -2.21. The molecule has 0 fully saturated rings. The maximum Gasteiger partial charge on any atom is 0.454 e. The normalized spacial score (nSPS) is 11.5. The lowest BCUT2D eigenvalue weighted by atomic mass is 10.3. The van der Waals surface area contributed by atoms with Crippen LogP contribution in [0.15, 0.2) is 48.5 Å². The summed E-state index contributed by atoms with van der Waals surface area (Å²) >= 11 is 0.837. The molecule has 5 nitrogen and oxygen atoms in total. The van der Waals surface area contributed by atoms with Gasteiger partial charge in [-0.3, -0.25) is 10.1 Å². The average Bonchev–Trinajstić information content (AvgIpc) is 2.92. The summed E-state index contributed by atoms with van der Waals surface area (Å²) in [6.07, 6.45) is -3.61. The van der Waals surface area contributed by atoms with Gasteiger partial charge in [0.1, 0.15) is 5.75 Å². The lowest BCUT2D eigenvalue weighted by Gasteiger charge is -2.15. The number of rotatable bonds is 4. The van der Waals surface area contributed by atoms with E-state index >= 15 is 0 Å². The highest BCUT2D eigenvalue weighted by Crippen LogP contribution is 2.36. The zero-order valence-corrected chi connectivity index (χ0v) is 11.7. The van der Waals surface area contributed by atoms with Crippen molar-refractivity contribution in [3.8, 4) is 5.75 Å². The molecule has 8 heteroatoms. The molecule has 2 aromatic carbocycles. The molecule has 0 atom stereocenters. The van der Waals surface area contributed by atoms with Crippen LogP contribution in [0.3, 0.4) is 0 Å². The van der Waals surface area contributed by atoms with Crippen LogP contribution in [0.1, 0.15) is 5.01 Å². The first kappa shape index (κ1) is 14.3. The number of aromatic nitrogens is 1. The minimum atomic E-state index is -3.61. The first-order chi connectivity index (χ1) is 10.5.